The van der Waals surface area contributed by atoms with Gasteiger partial charge in [0.15, 0.2) is 5.13 Å². The number of benzene rings is 2. The molecule has 2 heterocycles. The van der Waals surface area contributed by atoms with Crippen LogP contribution in [0.5, 0.6) is 0 Å². The molecule has 2 aromatic heterocycles. The molecule has 0 atom stereocenters. The number of nitrogens with one attached hydrogen (secondary N) is 2. The lowest BCUT2D eigenvalue weighted by molar-refractivity contribution is 0.102. The van der Waals surface area contributed by atoms with E-state index in [1.807, 2.05) is 30.5 Å². The summed E-state index contributed by atoms with van der Waals surface area (Å²) in [6.07, 6.45) is 3.45. The number of aromatic nitrogens is 2. The molecule has 4 rings (SSSR count). The molecule has 2 aromatic carbocycles. The molecule has 0 aliphatic heterocycles. The third kappa shape index (κ3) is 4.36. The molecule has 5 nitrogen and oxygen atoms in total. The van der Waals surface area contributed by atoms with Crippen LogP contribution in [0.15, 0.2) is 66.3 Å². The topological polar surface area (TPSA) is 66.9 Å². The smallest absolute Gasteiger partial charge is 0.255 e. The molecule has 1 amide bonds. The molecule has 4 aromatic rings. The monoisotopic (exact) mass is 418 g/mol. The Kier molecular flexibility index (Phi) is 5.54. The number of amides is 1. The first-order valence-corrected chi connectivity index (χ1v) is 10.2. The standard InChI is InChI=1S/C23H19FN4OS/c1-14-3-6-19(18(24)11-14)26-22(29)17-5-4-15(2)20(12-17)27-23-28-21(13-30-23)16-7-9-25-10-8-16/h3-13H,1-2H3,(H,26,29)(H,27,28). The molecule has 0 spiro atoms. The Labute approximate surface area is 177 Å². The predicted octanol–water partition coefficient (Wildman–Crippen LogP) is 5.96. The Morgan fingerprint density at radius 3 is 2.57 bits per heavy atom. The van der Waals surface area contributed by atoms with Crippen molar-refractivity contribution in [3.63, 3.8) is 0 Å². The molecule has 0 radical (unpaired) electrons. The zero-order valence-corrected chi connectivity index (χ0v) is 17.3. The van der Waals surface area contributed by atoms with Crippen molar-refractivity contribution in [2.75, 3.05) is 10.6 Å². The Bertz CT molecular complexity index is 1210. The van der Waals surface area contributed by atoms with Gasteiger partial charge in [-0.15, -0.1) is 11.3 Å². The molecule has 0 unspecified atom stereocenters. The highest BCUT2D eigenvalue weighted by Gasteiger charge is 2.12. The third-order valence-corrected chi connectivity index (χ3v) is 5.35. The summed E-state index contributed by atoms with van der Waals surface area (Å²) in [5.74, 6) is -0.836. The molecule has 0 aliphatic rings. The Hall–Kier alpha value is -3.58. The first kappa shape index (κ1) is 19.7. The van der Waals surface area contributed by atoms with Crippen molar-refractivity contribution in [1.82, 2.24) is 9.97 Å². The zero-order chi connectivity index (χ0) is 21.1. The summed E-state index contributed by atoms with van der Waals surface area (Å²) in [7, 11) is 0. The van der Waals surface area contributed by atoms with Crippen molar-refractivity contribution in [2.45, 2.75) is 13.8 Å². The van der Waals surface area contributed by atoms with E-state index in [0.717, 1.165) is 28.1 Å². The van der Waals surface area contributed by atoms with E-state index < -0.39 is 5.82 Å². The van der Waals surface area contributed by atoms with Crippen LogP contribution in [0.2, 0.25) is 0 Å². The average molecular weight is 418 g/mol. The van der Waals surface area contributed by atoms with Gasteiger partial charge in [0.1, 0.15) is 5.82 Å². The summed E-state index contributed by atoms with van der Waals surface area (Å²) < 4.78 is 14.1. The molecular formula is C23H19FN4OS. The van der Waals surface area contributed by atoms with Gasteiger partial charge in [-0.25, -0.2) is 9.37 Å². The first-order valence-electron chi connectivity index (χ1n) is 9.31. The fourth-order valence-electron chi connectivity index (χ4n) is 2.92. The normalized spacial score (nSPS) is 10.6. The highest BCUT2D eigenvalue weighted by atomic mass is 32.1. The van der Waals surface area contributed by atoms with Gasteiger partial charge in [-0.05, 0) is 61.4 Å². The van der Waals surface area contributed by atoms with E-state index in [2.05, 4.69) is 20.6 Å². The van der Waals surface area contributed by atoms with Crippen LogP contribution in [-0.4, -0.2) is 15.9 Å². The molecule has 7 heteroatoms. The summed E-state index contributed by atoms with van der Waals surface area (Å²) in [5, 5.41) is 8.58. The second-order valence-electron chi connectivity index (χ2n) is 6.87. The minimum Gasteiger partial charge on any atom is -0.331 e. The van der Waals surface area contributed by atoms with E-state index >= 15 is 0 Å². The van der Waals surface area contributed by atoms with Crippen LogP contribution in [0, 0.1) is 19.7 Å². The van der Waals surface area contributed by atoms with Crippen molar-refractivity contribution >= 4 is 33.8 Å². The summed E-state index contributed by atoms with van der Waals surface area (Å²) in [4.78, 5) is 21.3. The molecule has 30 heavy (non-hydrogen) atoms. The Morgan fingerprint density at radius 1 is 1.00 bits per heavy atom. The van der Waals surface area contributed by atoms with Gasteiger partial charge in [0.2, 0.25) is 0 Å². The van der Waals surface area contributed by atoms with E-state index in [-0.39, 0.29) is 11.6 Å². The van der Waals surface area contributed by atoms with Crippen LogP contribution in [0.1, 0.15) is 21.5 Å². The molecule has 0 bridgehead atoms. The number of rotatable bonds is 5. The lowest BCUT2D eigenvalue weighted by Crippen LogP contribution is -2.13. The van der Waals surface area contributed by atoms with Gasteiger partial charge in [0.05, 0.1) is 11.4 Å². The van der Waals surface area contributed by atoms with E-state index in [1.165, 1.54) is 17.4 Å². The quantitative estimate of drug-likeness (QED) is 0.420. The minimum atomic E-state index is -0.458. The predicted molar refractivity (Wildman–Crippen MR) is 119 cm³/mol. The Morgan fingerprint density at radius 2 is 1.80 bits per heavy atom. The molecule has 0 aliphatic carbocycles. The fraction of sp³-hybridized carbons (Fsp3) is 0.0870. The first-order chi connectivity index (χ1) is 14.5. The maximum absolute atomic E-state index is 14.1. The lowest BCUT2D eigenvalue weighted by Gasteiger charge is -2.11. The summed E-state index contributed by atoms with van der Waals surface area (Å²) in [6.45, 7) is 3.74. The maximum Gasteiger partial charge on any atom is 0.255 e. The van der Waals surface area contributed by atoms with Gasteiger partial charge < -0.3 is 10.6 Å². The molecule has 2 N–H and O–H groups in total. The fourth-order valence-corrected chi connectivity index (χ4v) is 3.65. The van der Waals surface area contributed by atoms with Gasteiger partial charge in [-0.2, -0.15) is 0 Å². The van der Waals surface area contributed by atoms with Gasteiger partial charge >= 0.3 is 0 Å². The largest absolute Gasteiger partial charge is 0.331 e. The number of halogens is 1. The van der Waals surface area contributed by atoms with Crippen LogP contribution in [-0.2, 0) is 0 Å². The molecule has 0 fully saturated rings. The minimum absolute atomic E-state index is 0.155. The average Bonchev–Trinajstić information content (AvgIpc) is 3.21. The number of pyridine rings is 1. The summed E-state index contributed by atoms with van der Waals surface area (Å²) in [5.41, 5.74) is 4.94. The molecule has 150 valence electrons. The van der Waals surface area contributed by atoms with Crippen LogP contribution >= 0.6 is 11.3 Å². The van der Waals surface area contributed by atoms with Crippen molar-refractivity contribution < 1.29 is 9.18 Å². The highest BCUT2D eigenvalue weighted by molar-refractivity contribution is 7.14. The van der Waals surface area contributed by atoms with Crippen LogP contribution in [0.25, 0.3) is 11.3 Å². The van der Waals surface area contributed by atoms with Crippen LogP contribution < -0.4 is 10.6 Å². The maximum atomic E-state index is 14.1. The lowest BCUT2D eigenvalue weighted by atomic mass is 10.1. The van der Waals surface area contributed by atoms with Gasteiger partial charge in [-0.1, -0.05) is 12.1 Å². The number of carbonyl (C=O) groups is 1. The number of hydrogen-bond donors (Lipinski definition) is 2. The van der Waals surface area contributed by atoms with E-state index in [9.17, 15) is 9.18 Å². The number of thiazole rings is 1. The number of carbonyl (C=O) groups excluding carboxylic acids is 1. The van der Waals surface area contributed by atoms with E-state index in [1.54, 1.807) is 43.6 Å². The van der Waals surface area contributed by atoms with E-state index in [0.29, 0.717) is 10.7 Å². The summed E-state index contributed by atoms with van der Waals surface area (Å²) in [6, 6.07) is 13.8. The van der Waals surface area contributed by atoms with Gasteiger partial charge in [0, 0.05) is 34.6 Å². The molecular weight excluding hydrogens is 399 g/mol. The number of aryl methyl sites for hydroxylation is 2. The van der Waals surface area contributed by atoms with Crippen molar-refractivity contribution in [1.29, 1.82) is 0 Å². The third-order valence-electron chi connectivity index (χ3n) is 4.59. The van der Waals surface area contributed by atoms with E-state index in [4.69, 9.17) is 0 Å². The Balaban J connectivity index is 1.53. The number of hydrogen-bond acceptors (Lipinski definition) is 5. The van der Waals surface area contributed by atoms with Gasteiger partial charge in [-0.3, -0.25) is 9.78 Å². The van der Waals surface area contributed by atoms with Crippen molar-refractivity contribution in [3.05, 3.63) is 88.8 Å². The molecule has 0 saturated carbocycles. The molecule has 0 saturated heterocycles. The second kappa shape index (κ2) is 8.42. The van der Waals surface area contributed by atoms with Crippen LogP contribution in [0.4, 0.5) is 20.9 Å². The van der Waals surface area contributed by atoms with Crippen molar-refractivity contribution in [3.8, 4) is 11.3 Å². The summed E-state index contributed by atoms with van der Waals surface area (Å²) >= 11 is 1.48. The second-order valence-corrected chi connectivity index (χ2v) is 7.72. The number of anilines is 3. The zero-order valence-electron chi connectivity index (χ0n) is 16.4. The van der Waals surface area contributed by atoms with Gasteiger partial charge in [0.25, 0.3) is 5.91 Å². The SMILES string of the molecule is Cc1ccc(NC(=O)c2ccc(C)c(Nc3nc(-c4ccncc4)cs3)c2)c(F)c1. The number of nitrogens with zero attached hydrogens (tertiary/aromatic N) is 2. The van der Waals surface area contributed by atoms with Crippen molar-refractivity contribution in [2.24, 2.45) is 0 Å². The highest BCUT2D eigenvalue weighted by Crippen LogP contribution is 2.29. The van der Waals surface area contributed by atoms with Crippen LogP contribution in [0.3, 0.4) is 0 Å².